The first kappa shape index (κ1) is 15.6. The van der Waals surface area contributed by atoms with Crippen molar-refractivity contribution >= 4 is 28.1 Å². The van der Waals surface area contributed by atoms with E-state index in [0.29, 0.717) is 0 Å². The largest absolute Gasteiger partial charge is 0.378 e. The Labute approximate surface area is 145 Å². The van der Waals surface area contributed by atoms with Crippen molar-refractivity contribution in [3.8, 4) is 0 Å². The van der Waals surface area contributed by atoms with Crippen molar-refractivity contribution in [1.29, 1.82) is 0 Å². The molecule has 0 aliphatic carbocycles. The molecule has 4 heterocycles. The maximum Gasteiger partial charge on any atom is 0.185 e. The standard InChI is InChI=1S/C16H22N6OS/c1-13-11-24-16(19-13)22-4-2-20(3-5-22)14-10-15(18-12-17-14)21-6-8-23-9-7-21/h10-12H,2-9H2,1H3. The number of morpholine rings is 1. The fourth-order valence-electron chi connectivity index (χ4n) is 3.09. The molecule has 0 N–H and O–H groups in total. The highest BCUT2D eigenvalue weighted by atomic mass is 32.1. The quantitative estimate of drug-likeness (QED) is 0.833. The van der Waals surface area contributed by atoms with Gasteiger partial charge in [0.25, 0.3) is 0 Å². The predicted molar refractivity (Wildman–Crippen MR) is 96.3 cm³/mol. The Bertz CT molecular complexity index is 679. The molecular weight excluding hydrogens is 324 g/mol. The van der Waals surface area contributed by atoms with Gasteiger partial charge in [0.1, 0.15) is 18.0 Å². The predicted octanol–water partition coefficient (Wildman–Crippen LogP) is 1.40. The van der Waals surface area contributed by atoms with Gasteiger partial charge >= 0.3 is 0 Å². The first-order chi connectivity index (χ1) is 11.8. The second kappa shape index (κ2) is 6.90. The summed E-state index contributed by atoms with van der Waals surface area (Å²) in [4.78, 5) is 20.5. The van der Waals surface area contributed by atoms with Gasteiger partial charge < -0.3 is 19.4 Å². The van der Waals surface area contributed by atoms with Crippen molar-refractivity contribution in [2.75, 3.05) is 67.2 Å². The highest BCUT2D eigenvalue weighted by Gasteiger charge is 2.21. The van der Waals surface area contributed by atoms with E-state index in [1.54, 1.807) is 17.7 Å². The lowest BCUT2D eigenvalue weighted by Crippen LogP contribution is -2.47. The molecule has 24 heavy (non-hydrogen) atoms. The van der Waals surface area contributed by atoms with Crippen LogP contribution in [0.2, 0.25) is 0 Å². The van der Waals surface area contributed by atoms with E-state index in [-0.39, 0.29) is 0 Å². The lowest BCUT2D eigenvalue weighted by atomic mass is 10.3. The van der Waals surface area contributed by atoms with Gasteiger partial charge in [-0.25, -0.2) is 15.0 Å². The van der Waals surface area contributed by atoms with E-state index in [0.717, 1.165) is 74.9 Å². The molecule has 2 aromatic rings. The maximum atomic E-state index is 5.42. The van der Waals surface area contributed by atoms with Gasteiger partial charge in [0.2, 0.25) is 0 Å². The number of aromatic nitrogens is 3. The summed E-state index contributed by atoms with van der Waals surface area (Å²) in [5, 5.41) is 3.24. The Morgan fingerprint density at radius 2 is 1.54 bits per heavy atom. The van der Waals surface area contributed by atoms with E-state index in [1.807, 2.05) is 6.92 Å². The van der Waals surface area contributed by atoms with E-state index in [1.165, 1.54) is 0 Å². The number of rotatable bonds is 3. The minimum Gasteiger partial charge on any atom is -0.378 e. The van der Waals surface area contributed by atoms with Crippen LogP contribution in [0.1, 0.15) is 5.69 Å². The number of nitrogens with zero attached hydrogens (tertiary/aromatic N) is 6. The van der Waals surface area contributed by atoms with E-state index in [4.69, 9.17) is 4.74 Å². The molecule has 0 atom stereocenters. The summed E-state index contributed by atoms with van der Waals surface area (Å²) in [5.41, 5.74) is 1.10. The third kappa shape index (κ3) is 3.29. The summed E-state index contributed by atoms with van der Waals surface area (Å²) < 4.78 is 5.42. The molecular formula is C16H22N6OS. The number of hydrogen-bond acceptors (Lipinski definition) is 8. The van der Waals surface area contributed by atoms with Crippen LogP contribution in [-0.4, -0.2) is 67.4 Å². The van der Waals surface area contributed by atoms with Crippen LogP contribution in [-0.2, 0) is 4.74 Å². The van der Waals surface area contributed by atoms with Gasteiger partial charge in [-0.15, -0.1) is 11.3 Å². The van der Waals surface area contributed by atoms with Gasteiger partial charge in [-0.2, -0.15) is 0 Å². The number of hydrogen-bond donors (Lipinski definition) is 0. The second-order valence-corrected chi connectivity index (χ2v) is 6.92. The molecule has 2 saturated heterocycles. The zero-order chi connectivity index (χ0) is 16.4. The zero-order valence-electron chi connectivity index (χ0n) is 13.9. The highest BCUT2D eigenvalue weighted by molar-refractivity contribution is 7.13. The van der Waals surface area contributed by atoms with Crippen molar-refractivity contribution in [3.63, 3.8) is 0 Å². The minimum atomic E-state index is 0.769. The molecule has 8 heteroatoms. The topological polar surface area (TPSA) is 57.6 Å². The van der Waals surface area contributed by atoms with Gasteiger partial charge in [-0.1, -0.05) is 0 Å². The fourth-order valence-corrected chi connectivity index (χ4v) is 3.95. The Hall–Kier alpha value is -1.93. The van der Waals surface area contributed by atoms with E-state index >= 15 is 0 Å². The molecule has 2 aromatic heterocycles. The average molecular weight is 346 g/mol. The molecule has 0 radical (unpaired) electrons. The summed E-state index contributed by atoms with van der Waals surface area (Å²) in [7, 11) is 0. The van der Waals surface area contributed by atoms with Crippen molar-refractivity contribution in [1.82, 2.24) is 15.0 Å². The molecule has 0 aromatic carbocycles. The number of thiazole rings is 1. The fraction of sp³-hybridized carbons (Fsp3) is 0.562. The normalized spacial score (nSPS) is 19.0. The van der Waals surface area contributed by atoms with E-state index in [9.17, 15) is 0 Å². The lowest BCUT2D eigenvalue weighted by Gasteiger charge is -2.35. The van der Waals surface area contributed by atoms with Gasteiger partial charge in [-0.3, -0.25) is 0 Å². The van der Waals surface area contributed by atoms with Crippen LogP contribution in [0.4, 0.5) is 16.8 Å². The van der Waals surface area contributed by atoms with E-state index in [2.05, 4.69) is 41.1 Å². The summed E-state index contributed by atoms with van der Waals surface area (Å²) in [6.45, 7) is 9.24. The molecule has 7 nitrogen and oxygen atoms in total. The van der Waals surface area contributed by atoms with Gasteiger partial charge in [-0.05, 0) is 6.92 Å². The summed E-state index contributed by atoms with van der Waals surface area (Å²) in [6.07, 6.45) is 1.68. The van der Waals surface area contributed by atoms with Crippen molar-refractivity contribution in [3.05, 3.63) is 23.5 Å². The number of piperazine rings is 1. The van der Waals surface area contributed by atoms with E-state index < -0.39 is 0 Å². The minimum absolute atomic E-state index is 0.769. The van der Waals surface area contributed by atoms with Crippen LogP contribution >= 0.6 is 11.3 Å². The SMILES string of the molecule is Cc1csc(N2CCN(c3cc(N4CCOCC4)ncn3)CC2)n1. The second-order valence-electron chi connectivity index (χ2n) is 6.08. The molecule has 128 valence electrons. The number of anilines is 3. The van der Waals surface area contributed by atoms with Crippen LogP contribution in [0.25, 0.3) is 0 Å². The van der Waals surface area contributed by atoms with Crippen LogP contribution in [0.3, 0.4) is 0 Å². The lowest BCUT2D eigenvalue weighted by molar-refractivity contribution is 0.122. The van der Waals surface area contributed by atoms with Crippen LogP contribution < -0.4 is 14.7 Å². The smallest absolute Gasteiger partial charge is 0.185 e. The van der Waals surface area contributed by atoms with Crippen molar-refractivity contribution < 1.29 is 4.74 Å². The summed E-state index contributed by atoms with van der Waals surface area (Å²) in [6, 6.07) is 2.11. The van der Waals surface area contributed by atoms with Gasteiger partial charge in [0, 0.05) is 50.7 Å². The molecule has 0 unspecified atom stereocenters. The van der Waals surface area contributed by atoms with Crippen LogP contribution in [0.15, 0.2) is 17.8 Å². The zero-order valence-corrected chi connectivity index (χ0v) is 14.7. The number of ether oxygens (including phenoxy) is 1. The molecule has 2 aliphatic heterocycles. The van der Waals surface area contributed by atoms with Crippen LogP contribution in [0, 0.1) is 6.92 Å². The molecule has 4 rings (SSSR count). The Balaban J connectivity index is 1.42. The Morgan fingerprint density at radius 3 is 2.17 bits per heavy atom. The third-order valence-electron chi connectivity index (χ3n) is 4.45. The molecule has 2 aliphatic rings. The molecule has 0 bridgehead atoms. The Kier molecular flexibility index (Phi) is 4.48. The van der Waals surface area contributed by atoms with Crippen LogP contribution in [0.5, 0.6) is 0 Å². The van der Waals surface area contributed by atoms with Crippen molar-refractivity contribution in [2.24, 2.45) is 0 Å². The maximum absolute atomic E-state index is 5.42. The molecule has 0 amide bonds. The highest BCUT2D eigenvalue weighted by Crippen LogP contribution is 2.24. The Morgan fingerprint density at radius 1 is 0.917 bits per heavy atom. The summed E-state index contributed by atoms with van der Waals surface area (Å²) >= 11 is 1.73. The molecule has 0 spiro atoms. The van der Waals surface area contributed by atoms with Gasteiger partial charge in [0.05, 0.1) is 18.9 Å². The monoisotopic (exact) mass is 346 g/mol. The third-order valence-corrected chi connectivity index (χ3v) is 5.47. The number of aryl methyl sites for hydroxylation is 1. The molecule has 2 fully saturated rings. The van der Waals surface area contributed by atoms with Gasteiger partial charge in [0.15, 0.2) is 5.13 Å². The average Bonchev–Trinajstić information content (AvgIpc) is 3.09. The van der Waals surface area contributed by atoms with Crippen molar-refractivity contribution in [2.45, 2.75) is 6.92 Å². The molecule has 0 saturated carbocycles. The first-order valence-electron chi connectivity index (χ1n) is 8.36. The first-order valence-corrected chi connectivity index (χ1v) is 9.24. The summed E-state index contributed by atoms with van der Waals surface area (Å²) in [5.74, 6) is 2.02.